The van der Waals surface area contributed by atoms with E-state index in [9.17, 15) is 4.79 Å². The lowest BCUT2D eigenvalue weighted by Crippen LogP contribution is -2.59. The summed E-state index contributed by atoms with van der Waals surface area (Å²) in [7, 11) is 4.17. The van der Waals surface area contributed by atoms with E-state index in [-0.39, 0.29) is 11.9 Å². The number of fused-ring (bicyclic) bond motifs is 9. The fraction of sp³-hybridized carbons (Fsp3) is 0.568. The van der Waals surface area contributed by atoms with E-state index in [1.54, 1.807) is 0 Å². The van der Waals surface area contributed by atoms with Crippen molar-refractivity contribution >= 4 is 23.0 Å². The van der Waals surface area contributed by atoms with Gasteiger partial charge in [-0.2, -0.15) is 0 Å². The van der Waals surface area contributed by atoms with E-state index < -0.39 is 0 Å². The minimum atomic E-state index is 0.142. The molecule has 3 aromatic rings. The lowest BCUT2D eigenvalue weighted by atomic mass is 10.0. The predicted molar refractivity (Wildman–Crippen MR) is 217 cm³/mol. The summed E-state index contributed by atoms with van der Waals surface area (Å²) < 4.78 is 23.2. The van der Waals surface area contributed by atoms with Crippen molar-refractivity contribution in [3.8, 4) is 17.2 Å². The smallest absolute Gasteiger partial charge is 0.241 e. The summed E-state index contributed by atoms with van der Waals surface area (Å²) in [6.07, 6.45) is 0. The summed E-state index contributed by atoms with van der Waals surface area (Å²) in [5, 5.41) is 0. The Labute approximate surface area is 322 Å². The van der Waals surface area contributed by atoms with Gasteiger partial charge >= 0.3 is 0 Å². The molecule has 3 aromatic carbocycles. The molecule has 9 rings (SSSR count). The topological polar surface area (TPSA) is 70.2 Å². The van der Waals surface area contributed by atoms with Crippen molar-refractivity contribution in [1.82, 2.24) is 9.80 Å². The van der Waals surface area contributed by atoms with Gasteiger partial charge in [0.2, 0.25) is 5.91 Å². The molecule has 3 atom stereocenters. The largest absolute Gasteiger partial charge is 0.489 e. The van der Waals surface area contributed by atoms with Crippen LogP contribution in [-0.4, -0.2) is 120 Å². The molecule has 6 heterocycles. The molecular weight excluding hydrogens is 679 g/mol. The average molecular weight is 740 g/mol. The molecule has 0 aromatic heterocycles. The highest BCUT2D eigenvalue weighted by atomic mass is 16.5. The highest BCUT2D eigenvalue weighted by molar-refractivity contribution is 5.98. The zero-order chi connectivity index (χ0) is 38.1. The van der Waals surface area contributed by atoms with Gasteiger partial charge in [-0.25, -0.2) is 0 Å². The number of carbonyl (C=O) groups is 1. The molecular formula is C44H61N5O5. The van der Waals surface area contributed by atoms with Crippen LogP contribution in [0.2, 0.25) is 0 Å². The minimum absolute atomic E-state index is 0.142. The van der Waals surface area contributed by atoms with Crippen molar-refractivity contribution in [1.29, 1.82) is 0 Å². The zero-order valence-electron chi connectivity index (χ0n) is 33.7. The van der Waals surface area contributed by atoms with E-state index in [0.717, 1.165) is 82.1 Å². The normalized spacial score (nSPS) is 23.2. The molecule has 6 aliphatic rings. The van der Waals surface area contributed by atoms with Gasteiger partial charge in [0.25, 0.3) is 0 Å². The van der Waals surface area contributed by atoms with Crippen LogP contribution in [0.1, 0.15) is 76.0 Å². The maximum absolute atomic E-state index is 12.2. The molecule has 0 bridgehead atoms. The van der Waals surface area contributed by atoms with Crippen LogP contribution in [0.5, 0.6) is 17.2 Å². The third kappa shape index (κ3) is 8.16. The first kappa shape index (κ1) is 38.3. The van der Waals surface area contributed by atoms with Crippen molar-refractivity contribution in [2.24, 2.45) is 0 Å². The zero-order valence-corrected chi connectivity index (χ0v) is 33.7. The second kappa shape index (κ2) is 16.4. The highest BCUT2D eigenvalue weighted by Gasteiger charge is 2.37. The standard InChI is InChI=1S/C15H20N2O2.C15H22N2O.C14H19NO2/c1-10(2)11-4-5-13-14(6-11)19-9-12-7-16(3)8-15(18)17(12)13;1-11(2)12-4-5-14-15(8-12)18-10-13-9-16(3)6-7-17(13)14;1-10(2)11-3-4-13-14(7-11)17-9-12-8-16-6-5-15(12)13/h4-6,10,12H,7-9H2,1-3H3;4-5,8,11,13H,6-7,9-10H2,1-3H3;3-4,7,10,12H,5-6,8-9H2,1-2H3. The first-order valence-corrected chi connectivity index (χ1v) is 20.1. The van der Waals surface area contributed by atoms with Gasteiger partial charge in [-0.15, -0.1) is 0 Å². The number of ether oxygens (including phenoxy) is 4. The summed E-state index contributed by atoms with van der Waals surface area (Å²) >= 11 is 0. The first-order valence-electron chi connectivity index (χ1n) is 20.1. The Morgan fingerprint density at radius 2 is 1.04 bits per heavy atom. The number of hydrogen-bond donors (Lipinski definition) is 0. The Hall–Kier alpha value is -3.99. The van der Waals surface area contributed by atoms with E-state index in [0.29, 0.717) is 43.0 Å². The van der Waals surface area contributed by atoms with Gasteiger partial charge in [0.15, 0.2) is 0 Å². The van der Waals surface area contributed by atoms with Crippen LogP contribution in [0.3, 0.4) is 0 Å². The Morgan fingerprint density at radius 1 is 0.556 bits per heavy atom. The molecule has 6 aliphatic heterocycles. The van der Waals surface area contributed by atoms with Crippen molar-refractivity contribution in [2.75, 3.05) is 101 Å². The number of benzene rings is 3. The van der Waals surface area contributed by atoms with Crippen LogP contribution in [0.25, 0.3) is 0 Å². The average Bonchev–Trinajstić information content (AvgIpc) is 3.17. The molecule has 0 saturated carbocycles. The molecule has 0 radical (unpaired) electrons. The number of hydrogen-bond acceptors (Lipinski definition) is 9. The molecule has 1 amide bonds. The highest BCUT2D eigenvalue weighted by Crippen LogP contribution is 2.40. The summed E-state index contributed by atoms with van der Waals surface area (Å²) in [6.45, 7) is 22.6. The number of rotatable bonds is 3. The number of anilines is 3. The molecule has 3 fully saturated rings. The van der Waals surface area contributed by atoms with E-state index >= 15 is 0 Å². The monoisotopic (exact) mass is 739 g/mol. The van der Waals surface area contributed by atoms with E-state index in [1.165, 1.54) is 28.1 Å². The Bertz CT molecular complexity index is 1780. The molecule has 10 heteroatoms. The third-order valence-corrected chi connectivity index (χ3v) is 11.6. The number of amides is 1. The number of piperazine rings is 2. The Kier molecular flexibility index (Phi) is 11.6. The molecule has 3 saturated heterocycles. The second-order valence-electron chi connectivity index (χ2n) is 16.7. The van der Waals surface area contributed by atoms with Crippen LogP contribution < -0.4 is 28.9 Å². The van der Waals surface area contributed by atoms with Crippen LogP contribution in [0.4, 0.5) is 17.1 Å². The van der Waals surface area contributed by atoms with E-state index in [4.69, 9.17) is 18.9 Å². The van der Waals surface area contributed by atoms with Gasteiger partial charge in [0, 0.05) is 32.7 Å². The number of nitrogens with zero attached hydrogens (tertiary/aromatic N) is 5. The van der Waals surface area contributed by atoms with Gasteiger partial charge in [0.05, 0.1) is 54.9 Å². The van der Waals surface area contributed by atoms with Crippen molar-refractivity contribution < 1.29 is 23.7 Å². The molecule has 0 aliphatic carbocycles. The Balaban J connectivity index is 0.000000125. The summed E-state index contributed by atoms with van der Waals surface area (Å²) in [5.41, 5.74) is 7.40. The van der Waals surface area contributed by atoms with Crippen LogP contribution >= 0.6 is 0 Å². The number of likely N-dealkylation sites (N-methyl/N-ethyl adjacent to an activating group) is 2. The van der Waals surface area contributed by atoms with Gasteiger partial charge < -0.3 is 38.5 Å². The quantitative estimate of drug-likeness (QED) is 0.297. The Morgan fingerprint density at radius 3 is 1.61 bits per heavy atom. The SMILES string of the molecule is CC(C)c1ccc2c(c1)OCC1CN(C)CC(=O)N21.CC(C)c1ccc2c(c1)OCC1CN(C)CCN21.CC(C)c1ccc2c(c1)OCC1COCCN21. The lowest BCUT2D eigenvalue weighted by Gasteiger charge is -2.44. The lowest BCUT2D eigenvalue weighted by molar-refractivity contribution is -0.122. The van der Waals surface area contributed by atoms with Gasteiger partial charge in [-0.1, -0.05) is 59.7 Å². The van der Waals surface area contributed by atoms with Gasteiger partial charge in [0.1, 0.15) is 37.1 Å². The van der Waals surface area contributed by atoms with E-state index in [1.807, 2.05) is 18.0 Å². The van der Waals surface area contributed by atoms with Crippen LogP contribution in [0.15, 0.2) is 54.6 Å². The number of morpholine rings is 1. The summed E-state index contributed by atoms with van der Waals surface area (Å²) in [6, 6.07) is 20.5. The van der Waals surface area contributed by atoms with Crippen molar-refractivity contribution in [2.45, 2.75) is 77.4 Å². The minimum Gasteiger partial charge on any atom is -0.489 e. The molecule has 292 valence electrons. The molecule has 3 unspecified atom stereocenters. The maximum Gasteiger partial charge on any atom is 0.241 e. The summed E-state index contributed by atoms with van der Waals surface area (Å²) in [5.74, 6) is 4.70. The van der Waals surface area contributed by atoms with Crippen molar-refractivity contribution in [3.05, 3.63) is 71.3 Å². The van der Waals surface area contributed by atoms with Crippen molar-refractivity contribution in [3.63, 3.8) is 0 Å². The van der Waals surface area contributed by atoms with Crippen LogP contribution in [-0.2, 0) is 9.53 Å². The molecule has 0 N–H and O–H groups in total. The van der Waals surface area contributed by atoms with Crippen LogP contribution in [0, 0.1) is 0 Å². The van der Waals surface area contributed by atoms with Gasteiger partial charge in [-0.05, 0) is 84.9 Å². The molecule has 54 heavy (non-hydrogen) atoms. The number of carbonyl (C=O) groups excluding carboxylic acids is 1. The first-order chi connectivity index (χ1) is 26.0. The van der Waals surface area contributed by atoms with E-state index in [2.05, 4.69) is 117 Å². The summed E-state index contributed by atoms with van der Waals surface area (Å²) in [4.78, 5) is 23.6. The fourth-order valence-electron chi connectivity index (χ4n) is 8.30. The maximum atomic E-state index is 12.2. The predicted octanol–water partition coefficient (Wildman–Crippen LogP) is 6.58. The fourth-order valence-corrected chi connectivity index (χ4v) is 8.30. The molecule has 10 nitrogen and oxygen atoms in total. The molecule has 0 spiro atoms. The van der Waals surface area contributed by atoms with Gasteiger partial charge in [-0.3, -0.25) is 9.69 Å². The second-order valence-corrected chi connectivity index (χ2v) is 16.7. The third-order valence-electron chi connectivity index (χ3n) is 11.6.